The van der Waals surface area contributed by atoms with Gasteiger partial charge in [-0.3, -0.25) is 9.59 Å². The van der Waals surface area contributed by atoms with Crippen molar-refractivity contribution in [2.45, 2.75) is 44.9 Å². The van der Waals surface area contributed by atoms with Crippen molar-refractivity contribution in [3.05, 3.63) is 190 Å². The van der Waals surface area contributed by atoms with E-state index in [0.29, 0.717) is 11.1 Å². The molecular formula is C45H38N2O2. The molecule has 0 spiro atoms. The Labute approximate surface area is 288 Å². The monoisotopic (exact) mass is 638 g/mol. The number of carbonyl (C=O) groups excluding carboxylic acids is 2. The summed E-state index contributed by atoms with van der Waals surface area (Å²) in [6, 6.07) is 50.3. The fraction of sp³-hybridized carbons (Fsp3) is 0.156. The number of para-hydroxylation sites is 3. The molecule has 4 heteroatoms. The summed E-state index contributed by atoms with van der Waals surface area (Å²) >= 11 is 0. The van der Waals surface area contributed by atoms with E-state index >= 15 is 0 Å². The van der Waals surface area contributed by atoms with Gasteiger partial charge in [0, 0.05) is 5.69 Å². The van der Waals surface area contributed by atoms with Crippen LogP contribution < -0.4 is 9.80 Å². The van der Waals surface area contributed by atoms with Crippen LogP contribution in [0.2, 0.25) is 0 Å². The highest BCUT2D eigenvalue weighted by atomic mass is 16.2. The Morgan fingerprint density at radius 3 is 1.45 bits per heavy atom. The third-order valence-electron chi connectivity index (χ3n) is 10.2. The minimum absolute atomic E-state index is 0.143. The van der Waals surface area contributed by atoms with Gasteiger partial charge in [-0.2, -0.15) is 0 Å². The highest BCUT2D eigenvalue weighted by Crippen LogP contribution is 2.57. The lowest BCUT2D eigenvalue weighted by atomic mass is 9.62. The molecule has 0 atom stereocenters. The zero-order valence-electron chi connectivity index (χ0n) is 28.2. The minimum atomic E-state index is -0.584. The summed E-state index contributed by atoms with van der Waals surface area (Å²) in [4.78, 5) is 32.2. The summed E-state index contributed by atoms with van der Waals surface area (Å²) < 4.78 is 0. The van der Waals surface area contributed by atoms with E-state index in [9.17, 15) is 9.59 Å². The molecule has 0 unspecified atom stereocenters. The Bertz CT molecular complexity index is 2120. The standard InChI is InChI=1S/C45H38N2O2/c1-29(2)34-20-15-21-35(30(3)4)42(34)47-43(48)36-27-26-33(28-37(36)44(47)49)46-40-24-13-11-22-38(40)45(31-16-7-5-8-17-31,32-18-9-6-10-19-32)39-23-12-14-25-41(39)46/h5-30H,1-4H3. The van der Waals surface area contributed by atoms with Crippen molar-refractivity contribution in [1.82, 2.24) is 0 Å². The highest BCUT2D eigenvalue weighted by Gasteiger charge is 2.47. The van der Waals surface area contributed by atoms with Crippen LogP contribution in [0.25, 0.3) is 0 Å². The maximum atomic E-state index is 14.4. The first-order valence-corrected chi connectivity index (χ1v) is 17.1. The summed E-state index contributed by atoms with van der Waals surface area (Å²) in [5, 5.41) is 0. The lowest BCUT2D eigenvalue weighted by molar-refractivity contribution is 0.0925. The second-order valence-electron chi connectivity index (χ2n) is 13.6. The maximum Gasteiger partial charge on any atom is 0.266 e. The van der Waals surface area contributed by atoms with Crippen LogP contribution in [0.3, 0.4) is 0 Å². The zero-order valence-corrected chi connectivity index (χ0v) is 28.2. The van der Waals surface area contributed by atoms with Crippen LogP contribution in [-0.4, -0.2) is 11.8 Å². The average Bonchev–Trinajstić information content (AvgIpc) is 3.38. The molecule has 0 bridgehead atoms. The number of hydrogen-bond donors (Lipinski definition) is 0. The first-order valence-electron chi connectivity index (χ1n) is 17.1. The molecule has 0 saturated carbocycles. The Morgan fingerprint density at radius 2 is 0.939 bits per heavy atom. The average molecular weight is 639 g/mol. The van der Waals surface area contributed by atoms with Gasteiger partial charge in [0.15, 0.2) is 0 Å². The van der Waals surface area contributed by atoms with Crippen molar-refractivity contribution >= 4 is 34.6 Å². The van der Waals surface area contributed by atoms with Crippen LogP contribution in [0, 0.1) is 0 Å². The van der Waals surface area contributed by atoms with Crippen LogP contribution in [-0.2, 0) is 5.41 Å². The summed E-state index contributed by atoms with van der Waals surface area (Å²) in [6.07, 6.45) is 0. The number of amides is 2. The van der Waals surface area contributed by atoms with E-state index in [1.165, 1.54) is 16.0 Å². The first-order chi connectivity index (χ1) is 23.8. The van der Waals surface area contributed by atoms with Crippen LogP contribution >= 0.6 is 0 Å². The smallest absolute Gasteiger partial charge is 0.266 e. The number of hydrogen-bond acceptors (Lipinski definition) is 3. The molecule has 0 radical (unpaired) electrons. The number of nitrogens with zero attached hydrogens (tertiary/aromatic N) is 2. The molecule has 0 aliphatic carbocycles. The molecule has 6 aromatic carbocycles. The molecule has 49 heavy (non-hydrogen) atoms. The quantitative estimate of drug-likeness (QED) is 0.170. The summed E-state index contributed by atoms with van der Waals surface area (Å²) in [6.45, 7) is 8.43. The molecule has 6 aromatic rings. The molecule has 2 aliphatic rings. The predicted molar refractivity (Wildman–Crippen MR) is 199 cm³/mol. The van der Waals surface area contributed by atoms with Crippen LogP contribution in [0.15, 0.2) is 146 Å². The van der Waals surface area contributed by atoms with Gasteiger partial charge in [0.1, 0.15) is 0 Å². The fourth-order valence-corrected chi connectivity index (χ4v) is 8.03. The van der Waals surface area contributed by atoms with Crippen molar-refractivity contribution in [1.29, 1.82) is 0 Å². The molecule has 0 aromatic heterocycles. The molecule has 240 valence electrons. The van der Waals surface area contributed by atoms with Crippen molar-refractivity contribution in [2.24, 2.45) is 0 Å². The van der Waals surface area contributed by atoms with E-state index in [1.807, 2.05) is 36.4 Å². The van der Waals surface area contributed by atoms with Gasteiger partial charge in [0.05, 0.1) is 33.6 Å². The van der Waals surface area contributed by atoms with Gasteiger partial charge in [-0.25, -0.2) is 4.90 Å². The molecule has 0 saturated heterocycles. The molecular weight excluding hydrogens is 601 g/mol. The van der Waals surface area contributed by atoms with Crippen molar-refractivity contribution in [3.63, 3.8) is 0 Å². The van der Waals surface area contributed by atoms with Crippen LogP contribution in [0.1, 0.15) is 93.6 Å². The molecule has 4 nitrogen and oxygen atoms in total. The van der Waals surface area contributed by atoms with E-state index in [4.69, 9.17) is 0 Å². The number of rotatable bonds is 6. The summed E-state index contributed by atoms with van der Waals surface area (Å²) in [5.41, 5.74) is 10.5. The van der Waals surface area contributed by atoms with Gasteiger partial charge < -0.3 is 4.90 Å². The topological polar surface area (TPSA) is 40.6 Å². The summed E-state index contributed by atoms with van der Waals surface area (Å²) in [5.74, 6) is -0.264. The number of imide groups is 1. The van der Waals surface area contributed by atoms with Gasteiger partial charge >= 0.3 is 0 Å². The minimum Gasteiger partial charge on any atom is -0.310 e. The molecule has 8 rings (SSSR count). The normalized spacial score (nSPS) is 14.7. The van der Waals surface area contributed by atoms with Crippen molar-refractivity contribution < 1.29 is 9.59 Å². The number of fused-ring (bicyclic) bond motifs is 3. The lowest BCUT2D eigenvalue weighted by Crippen LogP contribution is -2.37. The van der Waals surface area contributed by atoms with Crippen LogP contribution in [0.5, 0.6) is 0 Å². The largest absolute Gasteiger partial charge is 0.310 e. The molecule has 2 heterocycles. The van der Waals surface area contributed by atoms with Crippen molar-refractivity contribution in [2.75, 3.05) is 9.80 Å². The molecule has 2 aliphatic heterocycles. The third-order valence-corrected chi connectivity index (χ3v) is 10.2. The van der Waals surface area contributed by atoms with Gasteiger partial charge in [-0.05, 0) is 75.5 Å². The first kappa shape index (κ1) is 30.6. The molecule has 0 N–H and O–H groups in total. The summed E-state index contributed by atoms with van der Waals surface area (Å²) in [7, 11) is 0. The number of anilines is 4. The Kier molecular flexibility index (Phi) is 7.33. The van der Waals surface area contributed by atoms with Crippen LogP contribution in [0.4, 0.5) is 22.7 Å². The SMILES string of the molecule is CC(C)c1cccc(C(C)C)c1N1C(=O)c2ccc(N3c4ccccc4C(c4ccccc4)(c4ccccc4)c4ccccc43)cc2C1=O. The van der Waals surface area contributed by atoms with E-state index in [2.05, 4.69) is 142 Å². The van der Waals surface area contributed by atoms with Gasteiger partial charge in [-0.1, -0.05) is 143 Å². The van der Waals surface area contributed by atoms with E-state index in [-0.39, 0.29) is 23.7 Å². The van der Waals surface area contributed by atoms with E-state index in [1.54, 1.807) is 0 Å². The van der Waals surface area contributed by atoms with Gasteiger partial charge in [0.25, 0.3) is 11.8 Å². The second kappa shape index (κ2) is 11.7. The van der Waals surface area contributed by atoms with Crippen molar-refractivity contribution in [3.8, 4) is 0 Å². The maximum absolute atomic E-state index is 14.4. The van der Waals surface area contributed by atoms with E-state index < -0.39 is 5.41 Å². The highest BCUT2D eigenvalue weighted by molar-refractivity contribution is 6.35. The number of carbonyl (C=O) groups is 2. The van der Waals surface area contributed by atoms with Gasteiger partial charge in [-0.15, -0.1) is 0 Å². The van der Waals surface area contributed by atoms with E-state index in [0.717, 1.165) is 45.0 Å². The Hall–Kier alpha value is -5.74. The Balaban J connectivity index is 1.33. The fourth-order valence-electron chi connectivity index (χ4n) is 8.03. The lowest BCUT2D eigenvalue weighted by Gasteiger charge is -2.46. The third kappa shape index (κ3) is 4.51. The number of benzene rings is 6. The predicted octanol–water partition coefficient (Wildman–Crippen LogP) is 10.9. The molecule has 2 amide bonds. The van der Waals surface area contributed by atoms with Gasteiger partial charge in [0.2, 0.25) is 0 Å². The zero-order chi connectivity index (χ0) is 33.9. The second-order valence-corrected chi connectivity index (χ2v) is 13.6. The molecule has 0 fully saturated rings. The Morgan fingerprint density at radius 1 is 0.469 bits per heavy atom.